The molecule has 2 rings (SSSR count). The second kappa shape index (κ2) is 7.36. The number of methoxy groups -OCH3 is 1. The summed E-state index contributed by atoms with van der Waals surface area (Å²) in [7, 11) is 1.61. The van der Waals surface area contributed by atoms with Gasteiger partial charge < -0.3 is 19.5 Å². The lowest BCUT2D eigenvalue weighted by molar-refractivity contribution is 0.0487. The summed E-state index contributed by atoms with van der Waals surface area (Å²) in [6, 6.07) is 6.21. The number of nitrogens with one attached hydrogen (secondary N) is 1. The first-order valence-electron chi connectivity index (χ1n) is 6.94. The van der Waals surface area contributed by atoms with Crippen molar-refractivity contribution in [3.63, 3.8) is 0 Å². The highest BCUT2D eigenvalue weighted by Crippen LogP contribution is 2.33. The Balaban J connectivity index is 2.14. The Morgan fingerprint density at radius 3 is 2.84 bits per heavy atom. The Morgan fingerprint density at radius 2 is 2.16 bits per heavy atom. The fourth-order valence-electron chi connectivity index (χ4n) is 2.42. The van der Waals surface area contributed by atoms with Crippen LogP contribution in [-0.4, -0.2) is 33.6 Å². The van der Waals surface area contributed by atoms with Crippen LogP contribution in [0.25, 0.3) is 0 Å². The van der Waals surface area contributed by atoms with Gasteiger partial charge in [0.25, 0.3) is 0 Å². The van der Waals surface area contributed by atoms with Gasteiger partial charge in [-0.3, -0.25) is 0 Å². The van der Waals surface area contributed by atoms with E-state index in [1.54, 1.807) is 7.11 Å². The highest BCUT2D eigenvalue weighted by molar-refractivity contribution is 5.44. The van der Waals surface area contributed by atoms with E-state index in [-0.39, 0.29) is 6.79 Å². The van der Waals surface area contributed by atoms with E-state index in [0.29, 0.717) is 12.5 Å². The average Bonchev–Trinajstić information content (AvgIpc) is 2.47. The molecule has 0 spiro atoms. The van der Waals surface area contributed by atoms with Gasteiger partial charge in [-0.25, -0.2) is 0 Å². The van der Waals surface area contributed by atoms with Crippen LogP contribution in [0.15, 0.2) is 18.2 Å². The molecule has 0 radical (unpaired) electrons. The first kappa shape index (κ1) is 14.2. The summed E-state index contributed by atoms with van der Waals surface area (Å²) in [5.41, 5.74) is 1.32. The van der Waals surface area contributed by atoms with E-state index in [1.165, 1.54) is 18.4 Å². The molecule has 0 bridgehead atoms. The van der Waals surface area contributed by atoms with Crippen LogP contribution in [-0.2, 0) is 4.74 Å². The maximum absolute atomic E-state index is 5.66. The number of hydrogen-bond acceptors (Lipinski definition) is 4. The summed E-state index contributed by atoms with van der Waals surface area (Å²) < 4.78 is 16.1. The molecule has 1 atom stereocenters. The number of benzene rings is 1. The molecule has 1 aromatic rings. The number of hydrogen-bond donors (Lipinski definition) is 1. The minimum Gasteiger partial charge on any atom is -0.490 e. The molecule has 0 amide bonds. The fourth-order valence-corrected chi connectivity index (χ4v) is 2.42. The quantitative estimate of drug-likeness (QED) is 0.802. The lowest BCUT2D eigenvalue weighted by atomic mass is 9.91. The topological polar surface area (TPSA) is 39.7 Å². The number of piperidine rings is 1. The van der Waals surface area contributed by atoms with Gasteiger partial charge in [0.15, 0.2) is 18.3 Å². The fraction of sp³-hybridized carbons (Fsp3) is 0.600. The van der Waals surface area contributed by atoms with Crippen LogP contribution in [0, 0.1) is 0 Å². The zero-order valence-electron chi connectivity index (χ0n) is 11.8. The van der Waals surface area contributed by atoms with Crippen LogP contribution in [0.3, 0.4) is 0 Å². The van der Waals surface area contributed by atoms with Crippen molar-refractivity contribution in [2.24, 2.45) is 0 Å². The van der Waals surface area contributed by atoms with E-state index in [2.05, 4.69) is 17.4 Å². The Labute approximate surface area is 115 Å². The maximum Gasteiger partial charge on any atom is 0.188 e. The van der Waals surface area contributed by atoms with Crippen LogP contribution in [0.5, 0.6) is 11.5 Å². The molecule has 1 heterocycles. The molecule has 1 N–H and O–H groups in total. The van der Waals surface area contributed by atoms with E-state index < -0.39 is 0 Å². The van der Waals surface area contributed by atoms with E-state index in [1.807, 2.05) is 13.0 Å². The average molecular weight is 265 g/mol. The van der Waals surface area contributed by atoms with Crippen molar-refractivity contribution in [3.05, 3.63) is 23.8 Å². The van der Waals surface area contributed by atoms with Crippen LogP contribution < -0.4 is 14.8 Å². The van der Waals surface area contributed by atoms with Gasteiger partial charge in [-0.2, -0.15) is 0 Å². The normalized spacial score (nSPS) is 19.2. The Kier molecular flexibility index (Phi) is 5.48. The van der Waals surface area contributed by atoms with Crippen molar-refractivity contribution in [3.8, 4) is 11.5 Å². The van der Waals surface area contributed by atoms with Gasteiger partial charge in [0, 0.05) is 13.7 Å². The molecule has 106 valence electrons. The Hall–Kier alpha value is -1.26. The third-order valence-corrected chi connectivity index (χ3v) is 3.37. The zero-order chi connectivity index (χ0) is 13.5. The van der Waals surface area contributed by atoms with Crippen molar-refractivity contribution in [2.45, 2.75) is 25.7 Å². The van der Waals surface area contributed by atoms with Crippen LogP contribution in [0.2, 0.25) is 0 Å². The summed E-state index contributed by atoms with van der Waals surface area (Å²) >= 11 is 0. The molecule has 4 heteroatoms. The third kappa shape index (κ3) is 3.85. The summed E-state index contributed by atoms with van der Waals surface area (Å²) in [4.78, 5) is 0. The molecule has 0 aliphatic carbocycles. The van der Waals surface area contributed by atoms with Gasteiger partial charge in [0.2, 0.25) is 0 Å². The van der Waals surface area contributed by atoms with Gasteiger partial charge in [-0.15, -0.1) is 0 Å². The SMILES string of the molecule is CCOc1cc(C2CCCNC2)ccc1OCOC. The first-order chi connectivity index (χ1) is 9.35. The van der Waals surface area contributed by atoms with Gasteiger partial charge in [0.1, 0.15) is 0 Å². The van der Waals surface area contributed by atoms with Crippen LogP contribution in [0.4, 0.5) is 0 Å². The van der Waals surface area contributed by atoms with Crippen LogP contribution in [0.1, 0.15) is 31.2 Å². The minimum absolute atomic E-state index is 0.240. The molecule has 1 saturated heterocycles. The zero-order valence-corrected chi connectivity index (χ0v) is 11.8. The van der Waals surface area contributed by atoms with Gasteiger partial charge >= 0.3 is 0 Å². The third-order valence-electron chi connectivity index (χ3n) is 3.37. The first-order valence-corrected chi connectivity index (χ1v) is 6.94. The van der Waals surface area contributed by atoms with Gasteiger partial charge in [-0.1, -0.05) is 6.07 Å². The summed E-state index contributed by atoms with van der Waals surface area (Å²) in [5, 5.41) is 3.44. The molecule has 1 aliphatic rings. The Bertz CT molecular complexity index is 389. The summed E-state index contributed by atoms with van der Waals surface area (Å²) in [6.45, 7) is 5.03. The second-order valence-corrected chi connectivity index (χ2v) is 4.73. The van der Waals surface area contributed by atoms with E-state index in [0.717, 1.165) is 24.6 Å². The molecule has 19 heavy (non-hydrogen) atoms. The minimum atomic E-state index is 0.240. The van der Waals surface area contributed by atoms with Gasteiger partial charge in [0.05, 0.1) is 6.61 Å². The molecule has 1 fully saturated rings. The van der Waals surface area contributed by atoms with E-state index >= 15 is 0 Å². The molecule has 4 nitrogen and oxygen atoms in total. The molecule has 1 aromatic carbocycles. The van der Waals surface area contributed by atoms with Crippen molar-refractivity contribution in [2.75, 3.05) is 33.6 Å². The summed E-state index contributed by atoms with van der Waals surface area (Å²) in [5.74, 6) is 2.13. The standard InChI is InChI=1S/C15H23NO3/c1-3-18-15-9-12(13-5-4-8-16-10-13)6-7-14(15)19-11-17-2/h6-7,9,13,16H,3-5,8,10-11H2,1-2H3. The second-order valence-electron chi connectivity index (χ2n) is 4.73. The molecular weight excluding hydrogens is 242 g/mol. The maximum atomic E-state index is 5.66. The Morgan fingerprint density at radius 1 is 1.26 bits per heavy atom. The predicted octanol–water partition coefficient (Wildman–Crippen LogP) is 2.54. The molecule has 0 saturated carbocycles. The highest BCUT2D eigenvalue weighted by Gasteiger charge is 2.17. The monoisotopic (exact) mass is 265 g/mol. The smallest absolute Gasteiger partial charge is 0.188 e. The largest absolute Gasteiger partial charge is 0.490 e. The molecule has 0 aromatic heterocycles. The van der Waals surface area contributed by atoms with Crippen molar-refractivity contribution >= 4 is 0 Å². The highest BCUT2D eigenvalue weighted by atomic mass is 16.7. The molecule has 1 unspecified atom stereocenters. The molecular formula is C15H23NO3. The lowest BCUT2D eigenvalue weighted by Gasteiger charge is -2.24. The van der Waals surface area contributed by atoms with Gasteiger partial charge in [-0.05, 0) is 49.9 Å². The van der Waals surface area contributed by atoms with Crippen molar-refractivity contribution in [1.29, 1.82) is 0 Å². The molecule has 1 aliphatic heterocycles. The predicted molar refractivity (Wildman–Crippen MR) is 75.0 cm³/mol. The van der Waals surface area contributed by atoms with Crippen LogP contribution >= 0.6 is 0 Å². The summed E-state index contributed by atoms with van der Waals surface area (Å²) in [6.07, 6.45) is 2.47. The number of rotatable bonds is 6. The number of ether oxygens (including phenoxy) is 3. The van der Waals surface area contributed by atoms with Crippen molar-refractivity contribution < 1.29 is 14.2 Å². The van der Waals surface area contributed by atoms with E-state index in [4.69, 9.17) is 14.2 Å². The lowest BCUT2D eigenvalue weighted by Crippen LogP contribution is -2.28. The van der Waals surface area contributed by atoms with E-state index in [9.17, 15) is 0 Å². The van der Waals surface area contributed by atoms with Crippen molar-refractivity contribution in [1.82, 2.24) is 5.32 Å².